The van der Waals surface area contributed by atoms with Gasteiger partial charge in [0.25, 0.3) is 0 Å². The minimum absolute atomic E-state index is 0.135. The molecule has 1 aromatic carbocycles. The van der Waals surface area contributed by atoms with Crippen molar-refractivity contribution in [2.24, 2.45) is 0 Å². The Hall–Kier alpha value is -3.23. The molecule has 1 saturated heterocycles. The molecule has 8 heteroatoms. The highest BCUT2D eigenvalue weighted by Gasteiger charge is 2.41. The maximum Gasteiger partial charge on any atom is 0.335 e. The van der Waals surface area contributed by atoms with Gasteiger partial charge in [-0.1, -0.05) is 18.2 Å². The lowest BCUT2D eigenvalue weighted by Gasteiger charge is -2.27. The third kappa shape index (κ3) is 4.45. The summed E-state index contributed by atoms with van der Waals surface area (Å²) in [5, 5.41) is 13.2. The highest BCUT2D eigenvalue weighted by atomic mass is 32.1. The van der Waals surface area contributed by atoms with Gasteiger partial charge in [0.15, 0.2) is 5.11 Å². The zero-order valence-electron chi connectivity index (χ0n) is 17.4. The first kappa shape index (κ1) is 21.0. The zero-order valence-corrected chi connectivity index (χ0v) is 18.2. The van der Waals surface area contributed by atoms with Crippen molar-refractivity contribution in [1.82, 2.24) is 20.1 Å². The molecule has 0 aliphatic carbocycles. The lowest BCUT2D eigenvalue weighted by Crippen LogP contribution is -2.35. The van der Waals surface area contributed by atoms with Crippen molar-refractivity contribution in [3.63, 3.8) is 0 Å². The van der Waals surface area contributed by atoms with Crippen LogP contribution < -0.4 is 5.32 Å². The smallest absolute Gasteiger partial charge is 0.335 e. The highest BCUT2D eigenvalue weighted by Crippen LogP contribution is 2.40. The molecule has 1 fully saturated rings. The Kier molecular flexibility index (Phi) is 6.01. The summed E-state index contributed by atoms with van der Waals surface area (Å²) in [5.74, 6) is 0.503. The average Bonchev–Trinajstić information content (AvgIpc) is 3.37. The molecule has 1 aliphatic heterocycles. The molecule has 1 aliphatic rings. The number of hydrogen-bond donors (Lipinski definition) is 2. The van der Waals surface area contributed by atoms with Gasteiger partial charge in [-0.15, -0.1) is 0 Å². The Morgan fingerprint density at radius 3 is 2.61 bits per heavy atom. The van der Waals surface area contributed by atoms with Crippen molar-refractivity contribution >= 4 is 23.3 Å². The lowest BCUT2D eigenvalue weighted by atomic mass is 10.0. The SMILES string of the molecule is CN(C)CCN1C(=S)N[C@H](c2ccccn2)[C@@H]1c1ccc(-c2ccc(C(=O)O)cc2)o1. The van der Waals surface area contributed by atoms with E-state index in [0.29, 0.717) is 10.9 Å². The van der Waals surface area contributed by atoms with Gasteiger partial charge in [0.2, 0.25) is 0 Å². The molecule has 160 valence electrons. The first-order valence-corrected chi connectivity index (χ1v) is 10.4. The molecule has 2 aromatic heterocycles. The highest BCUT2D eigenvalue weighted by molar-refractivity contribution is 7.80. The topological polar surface area (TPSA) is 81.8 Å². The van der Waals surface area contributed by atoms with Gasteiger partial charge in [-0.05, 0) is 62.7 Å². The Balaban J connectivity index is 1.67. The van der Waals surface area contributed by atoms with Gasteiger partial charge in [-0.25, -0.2) is 4.79 Å². The van der Waals surface area contributed by atoms with Crippen molar-refractivity contribution in [1.29, 1.82) is 0 Å². The number of likely N-dealkylation sites (N-methyl/N-ethyl adjacent to an activating group) is 1. The number of hydrogen-bond acceptors (Lipinski definition) is 5. The molecule has 0 spiro atoms. The first-order valence-electron chi connectivity index (χ1n) is 10.0. The van der Waals surface area contributed by atoms with Crippen LogP contribution in [0.1, 0.15) is 33.9 Å². The monoisotopic (exact) mass is 436 g/mol. The van der Waals surface area contributed by atoms with Crippen LogP contribution in [0.25, 0.3) is 11.3 Å². The predicted octanol–water partition coefficient (Wildman–Crippen LogP) is 3.57. The van der Waals surface area contributed by atoms with Crippen molar-refractivity contribution in [2.75, 3.05) is 27.2 Å². The normalized spacial score (nSPS) is 18.4. The van der Waals surface area contributed by atoms with Crippen LogP contribution in [0.4, 0.5) is 0 Å². The summed E-state index contributed by atoms with van der Waals surface area (Å²) in [6.45, 7) is 1.59. The van der Waals surface area contributed by atoms with Crippen LogP contribution in [0, 0.1) is 0 Å². The number of pyridine rings is 1. The van der Waals surface area contributed by atoms with E-state index in [1.165, 1.54) is 0 Å². The van der Waals surface area contributed by atoms with Gasteiger partial charge in [0.1, 0.15) is 17.6 Å². The van der Waals surface area contributed by atoms with Crippen LogP contribution in [0.3, 0.4) is 0 Å². The molecule has 2 atom stereocenters. The number of nitrogens with zero attached hydrogens (tertiary/aromatic N) is 3. The number of aromatic nitrogens is 1. The van der Waals surface area contributed by atoms with E-state index in [4.69, 9.17) is 21.7 Å². The number of carbonyl (C=O) groups is 1. The third-order valence-electron chi connectivity index (χ3n) is 5.32. The van der Waals surface area contributed by atoms with Crippen LogP contribution >= 0.6 is 12.2 Å². The average molecular weight is 437 g/mol. The molecule has 4 rings (SSSR count). The van der Waals surface area contributed by atoms with E-state index in [9.17, 15) is 4.79 Å². The number of nitrogens with one attached hydrogen (secondary N) is 1. The predicted molar refractivity (Wildman–Crippen MR) is 122 cm³/mol. The second kappa shape index (κ2) is 8.87. The Bertz CT molecular complexity index is 1070. The quantitative estimate of drug-likeness (QED) is 0.544. The van der Waals surface area contributed by atoms with Gasteiger partial charge in [-0.2, -0.15) is 0 Å². The van der Waals surface area contributed by atoms with Crippen LogP contribution in [-0.4, -0.2) is 58.2 Å². The van der Waals surface area contributed by atoms with Gasteiger partial charge in [-0.3, -0.25) is 4.98 Å². The van der Waals surface area contributed by atoms with Gasteiger partial charge < -0.3 is 24.6 Å². The lowest BCUT2D eigenvalue weighted by molar-refractivity contribution is 0.0697. The molecule has 0 radical (unpaired) electrons. The minimum Gasteiger partial charge on any atom is -0.478 e. The third-order valence-corrected chi connectivity index (χ3v) is 5.67. The molecular weight excluding hydrogens is 412 g/mol. The molecule has 31 heavy (non-hydrogen) atoms. The van der Waals surface area contributed by atoms with Crippen LogP contribution in [0.2, 0.25) is 0 Å². The van der Waals surface area contributed by atoms with Gasteiger partial charge in [0.05, 0.1) is 17.3 Å². The summed E-state index contributed by atoms with van der Waals surface area (Å²) in [4.78, 5) is 19.9. The molecule has 3 heterocycles. The number of carboxylic acids is 1. The number of furan rings is 1. The molecule has 0 amide bonds. The maximum atomic E-state index is 11.1. The van der Waals surface area contributed by atoms with Crippen LogP contribution in [0.15, 0.2) is 65.2 Å². The fourth-order valence-electron chi connectivity index (χ4n) is 3.71. The number of benzene rings is 1. The van der Waals surface area contributed by atoms with Crippen LogP contribution in [0.5, 0.6) is 0 Å². The number of carboxylic acid groups (broad SMARTS) is 1. The summed E-state index contributed by atoms with van der Waals surface area (Å²) in [6, 6.07) is 16.1. The first-order chi connectivity index (χ1) is 14.9. The Labute approximate surface area is 186 Å². The standard InChI is InChI=1S/C23H24N4O3S/c1-26(2)13-14-27-21(20(25-23(27)31)17-5-3-4-12-24-17)19-11-10-18(30-19)15-6-8-16(9-7-15)22(28)29/h3-12,20-21H,13-14H2,1-2H3,(H,25,31)(H,28,29)/t20-,21+/m1/s1. The van der Waals surface area contributed by atoms with E-state index < -0.39 is 5.97 Å². The molecule has 0 saturated carbocycles. The number of rotatable bonds is 7. The summed E-state index contributed by atoms with van der Waals surface area (Å²) in [7, 11) is 4.06. The molecular formula is C23H24N4O3S. The van der Waals surface area contributed by atoms with Crippen molar-refractivity contribution in [2.45, 2.75) is 12.1 Å². The molecule has 2 N–H and O–H groups in total. The molecule has 0 unspecified atom stereocenters. The Morgan fingerprint density at radius 1 is 1.19 bits per heavy atom. The van der Waals surface area contributed by atoms with E-state index in [1.54, 1.807) is 30.5 Å². The summed E-state index contributed by atoms with van der Waals surface area (Å²) in [5.41, 5.74) is 1.95. The van der Waals surface area contributed by atoms with E-state index in [1.807, 2.05) is 44.4 Å². The van der Waals surface area contributed by atoms with Crippen molar-refractivity contribution in [3.8, 4) is 11.3 Å². The van der Waals surface area contributed by atoms with Gasteiger partial charge in [0, 0.05) is 24.8 Å². The summed E-state index contributed by atoms with van der Waals surface area (Å²) >= 11 is 5.66. The number of aromatic carboxylic acids is 1. The zero-order chi connectivity index (χ0) is 22.0. The summed E-state index contributed by atoms with van der Waals surface area (Å²) < 4.78 is 6.26. The van der Waals surface area contributed by atoms with E-state index in [-0.39, 0.29) is 17.6 Å². The number of thiocarbonyl (C=S) groups is 1. The second-order valence-electron chi connectivity index (χ2n) is 7.71. The summed E-state index contributed by atoms with van der Waals surface area (Å²) in [6.07, 6.45) is 1.77. The molecule has 0 bridgehead atoms. The van der Waals surface area contributed by atoms with E-state index in [2.05, 4.69) is 20.1 Å². The minimum atomic E-state index is -0.952. The maximum absolute atomic E-state index is 11.1. The molecule has 7 nitrogen and oxygen atoms in total. The van der Waals surface area contributed by atoms with Crippen LogP contribution in [-0.2, 0) is 0 Å². The van der Waals surface area contributed by atoms with Crippen molar-refractivity contribution < 1.29 is 14.3 Å². The fraction of sp³-hybridized carbons (Fsp3) is 0.261. The largest absolute Gasteiger partial charge is 0.478 e. The second-order valence-corrected chi connectivity index (χ2v) is 8.09. The van der Waals surface area contributed by atoms with E-state index >= 15 is 0 Å². The van der Waals surface area contributed by atoms with Gasteiger partial charge >= 0.3 is 5.97 Å². The Morgan fingerprint density at radius 2 is 1.97 bits per heavy atom. The molecule has 3 aromatic rings. The fourth-order valence-corrected chi connectivity index (χ4v) is 4.04. The van der Waals surface area contributed by atoms with E-state index in [0.717, 1.165) is 30.1 Å². The van der Waals surface area contributed by atoms with Crippen molar-refractivity contribution in [3.05, 3.63) is 77.8 Å².